The Hall–Kier alpha value is -3.15. The summed E-state index contributed by atoms with van der Waals surface area (Å²) in [7, 11) is 1.52. The molecule has 1 aromatic carbocycles. The molecule has 0 radical (unpaired) electrons. The van der Waals surface area contributed by atoms with Crippen molar-refractivity contribution in [3.8, 4) is 5.88 Å². The van der Waals surface area contributed by atoms with Crippen molar-refractivity contribution in [1.29, 1.82) is 0 Å². The lowest BCUT2D eigenvalue weighted by Gasteiger charge is -2.30. The average Bonchev–Trinajstić information content (AvgIpc) is 2.67. The van der Waals surface area contributed by atoms with Gasteiger partial charge in [0.15, 0.2) is 5.78 Å². The Bertz CT molecular complexity index is 789. The molecule has 2 heterocycles. The second kappa shape index (κ2) is 7.61. The maximum absolute atomic E-state index is 12.5. The van der Waals surface area contributed by atoms with Gasteiger partial charge >= 0.3 is 6.09 Å². The normalized spacial score (nSPS) is 16.6. The van der Waals surface area contributed by atoms with E-state index in [9.17, 15) is 9.59 Å². The van der Waals surface area contributed by atoms with Crippen LogP contribution in [0.2, 0.25) is 0 Å². The van der Waals surface area contributed by atoms with Crippen molar-refractivity contribution in [2.45, 2.75) is 19.1 Å². The lowest BCUT2D eigenvalue weighted by atomic mass is 9.98. The summed E-state index contributed by atoms with van der Waals surface area (Å²) >= 11 is 0. The zero-order chi connectivity index (χ0) is 17.6. The van der Waals surface area contributed by atoms with Crippen LogP contribution in [-0.4, -0.2) is 28.9 Å². The number of hydrogen-bond donors (Lipinski definition) is 0. The number of nitrogens with zero attached hydrogens (tertiary/aromatic N) is 2. The number of ketones is 1. The summed E-state index contributed by atoms with van der Waals surface area (Å²) in [5, 5.41) is 0. The van der Waals surface area contributed by atoms with Crippen LogP contribution in [-0.2, 0) is 16.1 Å². The molecule has 0 N–H and O–H groups in total. The lowest BCUT2D eigenvalue weighted by Crippen LogP contribution is -2.34. The van der Waals surface area contributed by atoms with Gasteiger partial charge in [0, 0.05) is 24.9 Å². The van der Waals surface area contributed by atoms with E-state index in [0.717, 1.165) is 11.1 Å². The van der Waals surface area contributed by atoms with Crippen molar-refractivity contribution in [2.24, 2.45) is 0 Å². The van der Waals surface area contributed by atoms with Crippen LogP contribution in [0.25, 0.3) is 0 Å². The molecule has 1 amide bonds. The van der Waals surface area contributed by atoms with Crippen molar-refractivity contribution in [3.05, 3.63) is 72.1 Å². The molecule has 0 aliphatic carbocycles. The maximum Gasteiger partial charge on any atom is 0.414 e. The summed E-state index contributed by atoms with van der Waals surface area (Å²) < 4.78 is 10.5. The van der Waals surface area contributed by atoms with E-state index in [0.29, 0.717) is 5.88 Å². The third-order valence-corrected chi connectivity index (χ3v) is 3.92. The zero-order valence-corrected chi connectivity index (χ0v) is 13.8. The highest BCUT2D eigenvalue weighted by Crippen LogP contribution is 2.30. The molecule has 1 atom stereocenters. The molecule has 0 spiro atoms. The number of carbonyl (C=O) groups excluding carboxylic acids is 2. The molecule has 1 aliphatic rings. The number of pyridine rings is 1. The van der Waals surface area contributed by atoms with Crippen molar-refractivity contribution >= 4 is 11.9 Å². The Balaban J connectivity index is 1.77. The van der Waals surface area contributed by atoms with Crippen LogP contribution < -0.4 is 4.74 Å². The monoisotopic (exact) mass is 338 g/mol. The number of carbonyl (C=O) groups is 2. The predicted molar refractivity (Wildman–Crippen MR) is 90.8 cm³/mol. The zero-order valence-electron chi connectivity index (χ0n) is 13.8. The fourth-order valence-electron chi connectivity index (χ4n) is 2.63. The first-order valence-electron chi connectivity index (χ1n) is 7.87. The van der Waals surface area contributed by atoms with E-state index < -0.39 is 12.1 Å². The maximum atomic E-state index is 12.5. The van der Waals surface area contributed by atoms with Crippen molar-refractivity contribution in [2.75, 3.05) is 7.11 Å². The Morgan fingerprint density at radius 2 is 2.08 bits per heavy atom. The molecule has 25 heavy (non-hydrogen) atoms. The van der Waals surface area contributed by atoms with Gasteiger partial charge in [-0.05, 0) is 23.3 Å². The summed E-state index contributed by atoms with van der Waals surface area (Å²) in [6.07, 6.45) is 4.12. The summed E-state index contributed by atoms with van der Waals surface area (Å²) in [6, 6.07) is 12.5. The van der Waals surface area contributed by atoms with E-state index >= 15 is 0 Å². The quantitative estimate of drug-likeness (QED) is 0.856. The Labute approximate surface area is 145 Å². The number of rotatable bonds is 4. The Kier molecular flexibility index (Phi) is 5.09. The van der Waals surface area contributed by atoms with Gasteiger partial charge in [0.25, 0.3) is 0 Å². The molecule has 6 nitrogen and oxygen atoms in total. The van der Waals surface area contributed by atoms with Crippen LogP contribution in [0, 0.1) is 0 Å². The fourth-order valence-corrected chi connectivity index (χ4v) is 2.63. The van der Waals surface area contributed by atoms with Crippen LogP contribution in [0.4, 0.5) is 4.79 Å². The highest BCUT2D eigenvalue weighted by atomic mass is 16.6. The topological polar surface area (TPSA) is 68.7 Å². The molecule has 6 heteroatoms. The van der Waals surface area contributed by atoms with Crippen LogP contribution in [0.15, 0.2) is 60.9 Å². The van der Waals surface area contributed by atoms with Crippen molar-refractivity contribution in [3.63, 3.8) is 0 Å². The minimum absolute atomic E-state index is 0.0483. The summed E-state index contributed by atoms with van der Waals surface area (Å²) in [4.78, 5) is 29.8. The highest BCUT2D eigenvalue weighted by molar-refractivity contribution is 5.92. The number of allylic oxidation sites excluding steroid dienone is 1. The van der Waals surface area contributed by atoms with E-state index in [1.54, 1.807) is 18.3 Å². The van der Waals surface area contributed by atoms with Gasteiger partial charge in [0.1, 0.15) is 6.61 Å². The van der Waals surface area contributed by atoms with Gasteiger partial charge in [0.05, 0.1) is 13.2 Å². The van der Waals surface area contributed by atoms with Gasteiger partial charge in [-0.2, -0.15) is 0 Å². The molecule has 1 aliphatic heterocycles. The van der Waals surface area contributed by atoms with E-state index in [-0.39, 0.29) is 18.8 Å². The molecular weight excluding hydrogens is 320 g/mol. The van der Waals surface area contributed by atoms with E-state index in [4.69, 9.17) is 9.47 Å². The minimum Gasteiger partial charge on any atom is -0.481 e. The van der Waals surface area contributed by atoms with E-state index in [1.165, 1.54) is 24.3 Å². The second-order valence-corrected chi connectivity index (χ2v) is 5.58. The smallest absolute Gasteiger partial charge is 0.414 e. The molecule has 0 saturated heterocycles. The Morgan fingerprint density at radius 1 is 1.28 bits per heavy atom. The molecule has 0 bridgehead atoms. The first kappa shape index (κ1) is 16.7. The lowest BCUT2D eigenvalue weighted by molar-refractivity contribution is -0.116. The molecule has 0 fully saturated rings. The highest BCUT2D eigenvalue weighted by Gasteiger charge is 2.30. The number of benzene rings is 1. The molecule has 128 valence electrons. The summed E-state index contributed by atoms with van der Waals surface area (Å²) in [6.45, 7) is 0.171. The van der Waals surface area contributed by atoms with Crippen LogP contribution in [0.1, 0.15) is 23.6 Å². The Morgan fingerprint density at radius 3 is 2.84 bits per heavy atom. The summed E-state index contributed by atoms with van der Waals surface area (Å²) in [5.41, 5.74) is 1.66. The average molecular weight is 338 g/mol. The molecule has 0 saturated carbocycles. The summed E-state index contributed by atoms with van der Waals surface area (Å²) in [5.74, 6) is 0.380. The second-order valence-electron chi connectivity index (χ2n) is 5.58. The van der Waals surface area contributed by atoms with Gasteiger partial charge < -0.3 is 9.47 Å². The number of methoxy groups -OCH3 is 1. The van der Waals surface area contributed by atoms with Gasteiger partial charge in [0.2, 0.25) is 5.88 Å². The van der Waals surface area contributed by atoms with Gasteiger partial charge in [-0.25, -0.2) is 9.78 Å². The van der Waals surface area contributed by atoms with Crippen molar-refractivity contribution in [1.82, 2.24) is 9.88 Å². The van der Waals surface area contributed by atoms with E-state index in [1.807, 2.05) is 30.3 Å². The number of ether oxygens (including phenoxy) is 2. The standard InChI is InChI=1S/C19H18N2O4/c1-24-18-11-15(7-9-20-18)17-12-16(22)8-10-21(17)19(23)25-13-14-5-3-2-4-6-14/h2-11,17H,12-13H2,1H3. The van der Waals surface area contributed by atoms with E-state index in [2.05, 4.69) is 4.98 Å². The van der Waals surface area contributed by atoms with Crippen LogP contribution >= 0.6 is 0 Å². The van der Waals surface area contributed by atoms with Crippen LogP contribution in [0.3, 0.4) is 0 Å². The van der Waals surface area contributed by atoms with Crippen LogP contribution in [0.5, 0.6) is 5.88 Å². The third-order valence-electron chi connectivity index (χ3n) is 3.92. The first-order chi connectivity index (χ1) is 12.2. The number of hydrogen-bond acceptors (Lipinski definition) is 5. The third kappa shape index (κ3) is 4.03. The van der Waals surface area contributed by atoms with Gasteiger partial charge in [-0.3, -0.25) is 9.69 Å². The molecule has 1 aromatic heterocycles. The first-order valence-corrected chi connectivity index (χ1v) is 7.87. The molecular formula is C19H18N2O4. The molecule has 2 aromatic rings. The fraction of sp³-hybridized carbons (Fsp3) is 0.211. The minimum atomic E-state index is -0.506. The largest absolute Gasteiger partial charge is 0.481 e. The number of amides is 1. The SMILES string of the molecule is COc1cc(C2CC(=O)C=CN2C(=O)OCc2ccccc2)ccn1. The molecule has 1 unspecified atom stereocenters. The van der Waals surface area contributed by atoms with Gasteiger partial charge in [-0.15, -0.1) is 0 Å². The predicted octanol–water partition coefficient (Wildman–Crippen LogP) is 3.26. The van der Waals surface area contributed by atoms with Gasteiger partial charge in [-0.1, -0.05) is 30.3 Å². The molecule has 3 rings (SSSR count). The number of aromatic nitrogens is 1. The van der Waals surface area contributed by atoms with Crippen molar-refractivity contribution < 1.29 is 19.1 Å².